The van der Waals surface area contributed by atoms with Crippen LogP contribution in [-0.4, -0.2) is 6.54 Å². The molecule has 0 aromatic heterocycles. The molecule has 0 aliphatic rings. The van der Waals surface area contributed by atoms with Gasteiger partial charge in [0.05, 0.1) is 0 Å². The number of rotatable bonds is 8. The van der Waals surface area contributed by atoms with E-state index in [-0.39, 0.29) is 0 Å². The highest BCUT2D eigenvalue weighted by Crippen LogP contribution is 2.21. The molecule has 0 saturated carbocycles. The summed E-state index contributed by atoms with van der Waals surface area (Å²) in [5.41, 5.74) is 7.25. The first kappa shape index (κ1) is 13.2. The number of hydrogen-bond acceptors (Lipinski definition) is 1. The second kappa shape index (κ2) is 8.35. The molecule has 0 amide bonds. The summed E-state index contributed by atoms with van der Waals surface area (Å²) in [6, 6.07) is 10.7. The third-order valence-electron chi connectivity index (χ3n) is 3.21. The third-order valence-corrected chi connectivity index (χ3v) is 3.21. The molecule has 1 aromatic carbocycles. The topological polar surface area (TPSA) is 26.0 Å². The molecule has 16 heavy (non-hydrogen) atoms. The number of hydrogen-bond donors (Lipinski definition) is 1. The van der Waals surface area contributed by atoms with Crippen LogP contribution in [0.2, 0.25) is 0 Å². The molecule has 1 rings (SSSR count). The first-order valence-electron chi connectivity index (χ1n) is 6.63. The van der Waals surface area contributed by atoms with Gasteiger partial charge in [-0.05, 0) is 24.4 Å². The predicted octanol–water partition coefficient (Wildman–Crippen LogP) is 4.09. The van der Waals surface area contributed by atoms with Gasteiger partial charge in [0, 0.05) is 0 Å². The largest absolute Gasteiger partial charge is 0.330 e. The zero-order valence-electron chi connectivity index (χ0n) is 10.5. The Morgan fingerprint density at radius 2 is 1.69 bits per heavy atom. The molecular formula is C15H25N. The SMILES string of the molecule is CCCCCCCC(CN)c1ccccc1. The van der Waals surface area contributed by atoms with E-state index in [1.54, 1.807) is 0 Å². The third kappa shape index (κ3) is 4.80. The molecule has 0 spiro atoms. The van der Waals surface area contributed by atoms with Crippen molar-refractivity contribution in [3.8, 4) is 0 Å². The van der Waals surface area contributed by atoms with Crippen molar-refractivity contribution in [3.05, 3.63) is 35.9 Å². The monoisotopic (exact) mass is 219 g/mol. The molecule has 1 nitrogen and oxygen atoms in total. The molecular weight excluding hydrogens is 194 g/mol. The van der Waals surface area contributed by atoms with Gasteiger partial charge in [0.15, 0.2) is 0 Å². The molecule has 90 valence electrons. The first-order valence-corrected chi connectivity index (χ1v) is 6.63. The summed E-state index contributed by atoms with van der Waals surface area (Å²) in [6.45, 7) is 3.03. The molecule has 1 unspecified atom stereocenters. The van der Waals surface area contributed by atoms with Gasteiger partial charge in [-0.15, -0.1) is 0 Å². The predicted molar refractivity (Wildman–Crippen MR) is 71.6 cm³/mol. The molecule has 2 N–H and O–H groups in total. The van der Waals surface area contributed by atoms with Crippen molar-refractivity contribution in [2.45, 2.75) is 51.4 Å². The van der Waals surface area contributed by atoms with E-state index < -0.39 is 0 Å². The number of unbranched alkanes of at least 4 members (excludes halogenated alkanes) is 4. The van der Waals surface area contributed by atoms with Gasteiger partial charge in [-0.1, -0.05) is 69.4 Å². The van der Waals surface area contributed by atoms with Crippen LogP contribution >= 0.6 is 0 Å². The second-order valence-corrected chi connectivity index (χ2v) is 4.55. The Morgan fingerprint density at radius 3 is 2.31 bits per heavy atom. The summed E-state index contributed by atoms with van der Waals surface area (Å²) in [4.78, 5) is 0. The van der Waals surface area contributed by atoms with E-state index in [4.69, 9.17) is 5.73 Å². The van der Waals surface area contributed by atoms with Crippen molar-refractivity contribution in [1.82, 2.24) is 0 Å². The number of benzene rings is 1. The van der Waals surface area contributed by atoms with Crippen LogP contribution in [0.3, 0.4) is 0 Å². The van der Waals surface area contributed by atoms with Crippen LogP contribution in [0.4, 0.5) is 0 Å². The minimum atomic E-state index is 0.558. The molecule has 0 bridgehead atoms. The summed E-state index contributed by atoms with van der Waals surface area (Å²) in [7, 11) is 0. The quantitative estimate of drug-likeness (QED) is 0.655. The minimum Gasteiger partial charge on any atom is -0.330 e. The van der Waals surface area contributed by atoms with E-state index >= 15 is 0 Å². The van der Waals surface area contributed by atoms with Gasteiger partial charge in [-0.3, -0.25) is 0 Å². The van der Waals surface area contributed by atoms with Gasteiger partial charge in [-0.2, -0.15) is 0 Å². The Morgan fingerprint density at radius 1 is 1.00 bits per heavy atom. The zero-order chi connectivity index (χ0) is 11.6. The lowest BCUT2D eigenvalue weighted by Gasteiger charge is -2.14. The van der Waals surface area contributed by atoms with Crippen LogP contribution in [0, 0.1) is 0 Å². The summed E-state index contributed by atoms with van der Waals surface area (Å²) >= 11 is 0. The van der Waals surface area contributed by atoms with Crippen molar-refractivity contribution in [3.63, 3.8) is 0 Å². The standard InChI is InChI=1S/C15H25N/c1-2-3-4-5-7-12-15(13-16)14-10-8-6-9-11-14/h6,8-11,15H,2-5,7,12-13,16H2,1H3. The fourth-order valence-corrected chi connectivity index (χ4v) is 2.14. The fourth-order valence-electron chi connectivity index (χ4n) is 2.14. The highest BCUT2D eigenvalue weighted by molar-refractivity contribution is 5.19. The van der Waals surface area contributed by atoms with Gasteiger partial charge in [-0.25, -0.2) is 0 Å². The van der Waals surface area contributed by atoms with E-state index in [2.05, 4.69) is 37.3 Å². The fraction of sp³-hybridized carbons (Fsp3) is 0.600. The smallest absolute Gasteiger partial charge is 0.000824 e. The van der Waals surface area contributed by atoms with Gasteiger partial charge < -0.3 is 5.73 Å². The second-order valence-electron chi connectivity index (χ2n) is 4.55. The molecule has 1 heteroatoms. The highest BCUT2D eigenvalue weighted by Gasteiger charge is 2.08. The van der Waals surface area contributed by atoms with Crippen molar-refractivity contribution in [2.24, 2.45) is 5.73 Å². The van der Waals surface area contributed by atoms with Gasteiger partial charge in [0.2, 0.25) is 0 Å². The lowest BCUT2D eigenvalue weighted by molar-refractivity contribution is 0.549. The molecule has 0 saturated heterocycles. The maximum atomic E-state index is 5.85. The Kier molecular flexibility index (Phi) is 6.91. The molecule has 1 atom stereocenters. The van der Waals surface area contributed by atoms with E-state index in [1.807, 2.05) is 0 Å². The van der Waals surface area contributed by atoms with E-state index in [0.29, 0.717) is 5.92 Å². The molecule has 0 aliphatic heterocycles. The maximum Gasteiger partial charge on any atom is -0.000824 e. The summed E-state index contributed by atoms with van der Waals surface area (Å²) in [5.74, 6) is 0.558. The van der Waals surface area contributed by atoms with Gasteiger partial charge >= 0.3 is 0 Å². The average Bonchev–Trinajstić information content (AvgIpc) is 2.35. The summed E-state index contributed by atoms with van der Waals surface area (Å²) < 4.78 is 0. The van der Waals surface area contributed by atoms with Crippen LogP contribution in [0.15, 0.2) is 30.3 Å². The van der Waals surface area contributed by atoms with Crippen molar-refractivity contribution >= 4 is 0 Å². The number of nitrogens with two attached hydrogens (primary N) is 1. The zero-order valence-corrected chi connectivity index (χ0v) is 10.5. The Bertz CT molecular complexity index is 255. The highest BCUT2D eigenvalue weighted by atomic mass is 14.5. The van der Waals surface area contributed by atoms with Gasteiger partial charge in [0.1, 0.15) is 0 Å². The Balaban J connectivity index is 2.27. The normalized spacial score (nSPS) is 12.6. The Hall–Kier alpha value is -0.820. The van der Waals surface area contributed by atoms with E-state index in [9.17, 15) is 0 Å². The molecule has 0 aliphatic carbocycles. The molecule has 0 fully saturated rings. The van der Waals surface area contributed by atoms with Crippen molar-refractivity contribution in [2.75, 3.05) is 6.54 Å². The van der Waals surface area contributed by atoms with Crippen molar-refractivity contribution < 1.29 is 0 Å². The van der Waals surface area contributed by atoms with Crippen LogP contribution in [-0.2, 0) is 0 Å². The molecule has 0 radical (unpaired) electrons. The van der Waals surface area contributed by atoms with Crippen LogP contribution in [0.25, 0.3) is 0 Å². The minimum absolute atomic E-state index is 0.558. The summed E-state index contributed by atoms with van der Waals surface area (Å²) in [6.07, 6.45) is 7.98. The van der Waals surface area contributed by atoms with Gasteiger partial charge in [0.25, 0.3) is 0 Å². The van der Waals surface area contributed by atoms with Crippen LogP contribution in [0.5, 0.6) is 0 Å². The Labute approximate surface area is 100 Å². The molecule has 1 aromatic rings. The van der Waals surface area contributed by atoms with Crippen LogP contribution < -0.4 is 5.73 Å². The maximum absolute atomic E-state index is 5.85. The lowest BCUT2D eigenvalue weighted by atomic mass is 9.93. The first-order chi connectivity index (χ1) is 7.88. The van der Waals surface area contributed by atoms with Crippen LogP contribution in [0.1, 0.15) is 56.9 Å². The summed E-state index contributed by atoms with van der Waals surface area (Å²) in [5, 5.41) is 0. The molecule has 0 heterocycles. The van der Waals surface area contributed by atoms with Crippen molar-refractivity contribution in [1.29, 1.82) is 0 Å². The van der Waals surface area contributed by atoms with E-state index in [0.717, 1.165) is 6.54 Å². The lowest BCUT2D eigenvalue weighted by Crippen LogP contribution is -2.12. The average molecular weight is 219 g/mol. The van der Waals surface area contributed by atoms with E-state index in [1.165, 1.54) is 44.1 Å².